The molecule has 94 valence electrons. The van der Waals surface area contributed by atoms with E-state index in [4.69, 9.17) is 26.8 Å². The SMILES string of the molecule is Cc1c(CC(C)(C)N)cc2c(c1Cl)OCCO2. The summed E-state index contributed by atoms with van der Waals surface area (Å²) in [5, 5.41) is 0.640. The Morgan fingerprint density at radius 2 is 2.00 bits per heavy atom. The summed E-state index contributed by atoms with van der Waals surface area (Å²) in [4.78, 5) is 0. The highest BCUT2D eigenvalue weighted by Gasteiger charge is 2.22. The molecule has 1 heterocycles. The summed E-state index contributed by atoms with van der Waals surface area (Å²) >= 11 is 6.30. The van der Waals surface area contributed by atoms with Gasteiger partial charge in [-0.25, -0.2) is 0 Å². The van der Waals surface area contributed by atoms with E-state index in [1.807, 2.05) is 26.8 Å². The Morgan fingerprint density at radius 3 is 2.65 bits per heavy atom. The van der Waals surface area contributed by atoms with E-state index in [1.165, 1.54) is 0 Å². The van der Waals surface area contributed by atoms with Crippen molar-refractivity contribution in [1.29, 1.82) is 0 Å². The Hall–Kier alpha value is -0.930. The maximum absolute atomic E-state index is 6.30. The van der Waals surface area contributed by atoms with Crippen LogP contribution in [0, 0.1) is 6.92 Å². The molecular weight excluding hydrogens is 238 g/mol. The fraction of sp³-hybridized carbons (Fsp3) is 0.538. The van der Waals surface area contributed by atoms with Crippen molar-refractivity contribution in [2.75, 3.05) is 13.2 Å². The van der Waals surface area contributed by atoms with Crippen molar-refractivity contribution >= 4 is 11.6 Å². The molecule has 1 aliphatic heterocycles. The van der Waals surface area contributed by atoms with Crippen molar-refractivity contribution in [2.45, 2.75) is 32.7 Å². The molecule has 0 saturated carbocycles. The predicted molar refractivity (Wildman–Crippen MR) is 69.1 cm³/mol. The number of benzene rings is 1. The van der Waals surface area contributed by atoms with E-state index in [0.29, 0.717) is 24.0 Å². The third-order valence-electron chi connectivity index (χ3n) is 2.77. The monoisotopic (exact) mass is 255 g/mol. The molecule has 0 unspecified atom stereocenters. The van der Waals surface area contributed by atoms with Crippen LogP contribution in [0.4, 0.5) is 0 Å². The van der Waals surface area contributed by atoms with Crippen LogP contribution in [0.2, 0.25) is 5.02 Å². The van der Waals surface area contributed by atoms with Gasteiger partial charge in [0, 0.05) is 5.54 Å². The minimum atomic E-state index is -0.266. The molecule has 1 aromatic rings. The maximum Gasteiger partial charge on any atom is 0.180 e. The molecular formula is C13H18ClNO2. The number of fused-ring (bicyclic) bond motifs is 1. The normalized spacial score (nSPS) is 14.9. The van der Waals surface area contributed by atoms with Gasteiger partial charge in [0.2, 0.25) is 0 Å². The van der Waals surface area contributed by atoms with Crippen molar-refractivity contribution in [3.8, 4) is 11.5 Å². The van der Waals surface area contributed by atoms with Gasteiger partial charge in [0.05, 0.1) is 5.02 Å². The van der Waals surface area contributed by atoms with Crippen molar-refractivity contribution in [3.05, 3.63) is 22.2 Å². The smallest absolute Gasteiger partial charge is 0.180 e. The Bertz CT molecular complexity index is 438. The Morgan fingerprint density at radius 1 is 1.35 bits per heavy atom. The minimum Gasteiger partial charge on any atom is -0.486 e. The van der Waals surface area contributed by atoms with E-state index in [9.17, 15) is 0 Å². The number of nitrogens with two attached hydrogens (primary N) is 1. The van der Waals surface area contributed by atoms with E-state index >= 15 is 0 Å². The Kier molecular flexibility index (Phi) is 3.23. The number of hydrogen-bond acceptors (Lipinski definition) is 3. The summed E-state index contributed by atoms with van der Waals surface area (Å²) in [5.41, 5.74) is 7.92. The first kappa shape index (κ1) is 12.5. The molecule has 4 heteroatoms. The Balaban J connectivity index is 2.44. The quantitative estimate of drug-likeness (QED) is 0.884. The molecule has 0 aromatic heterocycles. The predicted octanol–water partition coefficient (Wildman–Crippen LogP) is 2.70. The lowest BCUT2D eigenvalue weighted by atomic mass is 9.93. The van der Waals surface area contributed by atoms with Crippen LogP contribution in [0.1, 0.15) is 25.0 Å². The van der Waals surface area contributed by atoms with Crippen LogP contribution >= 0.6 is 11.6 Å². The highest BCUT2D eigenvalue weighted by Crippen LogP contribution is 2.41. The lowest BCUT2D eigenvalue weighted by Crippen LogP contribution is -2.34. The van der Waals surface area contributed by atoms with Crippen LogP contribution in [0.5, 0.6) is 11.5 Å². The lowest BCUT2D eigenvalue weighted by Gasteiger charge is -2.25. The Labute approximate surface area is 107 Å². The average molecular weight is 256 g/mol. The van der Waals surface area contributed by atoms with Crippen LogP contribution in [0.15, 0.2) is 6.07 Å². The zero-order valence-electron chi connectivity index (χ0n) is 10.5. The number of rotatable bonds is 2. The first-order valence-electron chi connectivity index (χ1n) is 5.75. The van der Waals surface area contributed by atoms with Crippen molar-refractivity contribution < 1.29 is 9.47 Å². The van der Waals surface area contributed by atoms with Gasteiger partial charge >= 0.3 is 0 Å². The fourth-order valence-corrected chi connectivity index (χ4v) is 2.23. The highest BCUT2D eigenvalue weighted by molar-refractivity contribution is 6.33. The number of ether oxygens (including phenoxy) is 2. The topological polar surface area (TPSA) is 44.5 Å². The van der Waals surface area contributed by atoms with Gasteiger partial charge in [0.25, 0.3) is 0 Å². The summed E-state index contributed by atoms with van der Waals surface area (Å²) in [6.45, 7) is 7.10. The van der Waals surface area contributed by atoms with E-state index in [0.717, 1.165) is 23.3 Å². The average Bonchev–Trinajstić information content (AvgIpc) is 2.24. The molecule has 2 N–H and O–H groups in total. The van der Waals surface area contributed by atoms with Gasteiger partial charge < -0.3 is 15.2 Å². The highest BCUT2D eigenvalue weighted by atomic mass is 35.5. The molecule has 2 rings (SSSR count). The third-order valence-corrected chi connectivity index (χ3v) is 3.23. The molecule has 0 amide bonds. The van der Waals surface area contributed by atoms with Crippen LogP contribution in [-0.4, -0.2) is 18.8 Å². The van der Waals surface area contributed by atoms with Crippen LogP contribution in [0.25, 0.3) is 0 Å². The van der Waals surface area contributed by atoms with Gasteiger partial charge in [-0.2, -0.15) is 0 Å². The van der Waals surface area contributed by atoms with Gasteiger partial charge in [-0.1, -0.05) is 11.6 Å². The molecule has 0 atom stereocenters. The molecule has 0 spiro atoms. The number of halogens is 1. The van der Waals surface area contributed by atoms with Gasteiger partial charge in [-0.05, 0) is 44.4 Å². The van der Waals surface area contributed by atoms with E-state index < -0.39 is 0 Å². The molecule has 0 radical (unpaired) electrons. The second kappa shape index (κ2) is 4.39. The zero-order chi connectivity index (χ0) is 12.6. The fourth-order valence-electron chi connectivity index (χ4n) is 1.96. The van der Waals surface area contributed by atoms with Gasteiger partial charge in [-0.3, -0.25) is 0 Å². The van der Waals surface area contributed by atoms with E-state index in [1.54, 1.807) is 0 Å². The van der Waals surface area contributed by atoms with E-state index in [-0.39, 0.29) is 5.54 Å². The van der Waals surface area contributed by atoms with Crippen LogP contribution < -0.4 is 15.2 Å². The van der Waals surface area contributed by atoms with Crippen LogP contribution in [0.3, 0.4) is 0 Å². The molecule has 17 heavy (non-hydrogen) atoms. The summed E-state index contributed by atoms with van der Waals surface area (Å²) < 4.78 is 11.1. The van der Waals surface area contributed by atoms with Gasteiger partial charge in [0.1, 0.15) is 13.2 Å². The summed E-state index contributed by atoms with van der Waals surface area (Å²) in [7, 11) is 0. The molecule has 1 aromatic carbocycles. The van der Waals surface area contributed by atoms with Gasteiger partial charge in [0.15, 0.2) is 11.5 Å². The summed E-state index contributed by atoms with van der Waals surface area (Å²) in [5.74, 6) is 1.39. The van der Waals surface area contributed by atoms with Crippen molar-refractivity contribution in [2.24, 2.45) is 5.73 Å². The molecule has 3 nitrogen and oxygen atoms in total. The molecule has 1 aliphatic rings. The molecule has 0 saturated heterocycles. The minimum absolute atomic E-state index is 0.266. The van der Waals surface area contributed by atoms with Crippen molar-refractivity contribution in [1.82, 2.24) is 0 Å². The first-order valence-corrected chi connectivity index (χ1v) is 6.13. The largest absolute Gasteiger partial charge is 0.486 e. The second-order valence-electron chi connectivity index (χ2n) is 5.16. The van der Waals surface area contributed by atoms with Crippen LogP contribution in [-0.2, 0) is 6.42 Å². The zero-order valence-corrected chi connectivity index (χ0v) is 11.2. The molecule has 0 bridgehead atoms. The van der Waals surface area contributed by atoms with Gasteiger partial charge in [-0.15, -0.1) is 0 Å². The molecule has 0 fully saturated rings. The maximum atomic E-state index is 6.30. The molecule has 0 aliphatic carbocycles. The number of hydrogen-bond donors (Lipinski definition) is 1. The standard InChI is InChI=1S/C13H18ClNO2/c1-8-9(7-13(2,3)15)6-10-12(11(8)14)17-5-4-16-10/h6H,4-5,7,15H2,1-3H3. The first-order chi connectivity index (χ1) is 7.88. The second-order valence-corrected chi connectivity index (χ2v) is 5.54. The summed E-state index contributed by atoms with van der Waals surface area (Å²) in [6.07, 6.45) is 0.759. The lowest BCUT2D eigenvalue weighted by molar-refractivity contribution is 0.171. The van der Waals surface area contributed by atoms with E-state index in [2.05, 4.69) is 0 Å². The van der Waals surface area contributed by atoms with Crippen molar-refractivity contribution in [3.63, 3.8) is 0 Å². The summed E-state index contributed by atoms with van der Waals surface area (Å²) in [6, 6.07) is 1.99. The third kappa shape index (κ3) is 2.67.